The first-order chi connectivity index (χ1) is 15.8. The molecule has 34 heavy (non-hydrogen) atoms. The lowest BCUT2D eigenvalue weighted by Gasteiger charge is -2.31. The van der Waals surface area contributed by atoms with Crippen molar-refractivity contribution in [3.8, 4) is 6.07 Å². The second kappa shape index (κ2) is 11.3. The molecule has 184 valence electrons. The van der Waals surface area contributed by atoms with Crippen LogP contribution in [-0.2, 0) is 17.5 Å². The molecule has 2 aromatic rings. The van der Waals surface area contributed by atoms with Crippen LogP contribution in [0.5, 0.6) is 0 Å². The molecule has 0 aliphatic rings. The standard InChI is InChI=1S/C23H29F3N6O2/c1-22(2,3)15-32(20-12-18(23(24,25)26)28-19(13-27)29-20)30-21(33)17-8-6-16(7-9-17)14-31(4)10-11-34-5/h6-9,12H,10-11,14-15H2,1-5H3,(H,30,33). The van der Waals surface area contributed by atoms with Crippen molar-refractivity contribution in [1.29, 1.82) is 5.26 Å². The Labute approximate surface area is 197 Å². The highest BCUT2D eigenvalue weighted by atomic mass is 19.4. The van der Waals surface area contributed by atoms with E-state index in [0.717, 1.165) is 12.1 Å². The summed E-state index contributed by atoms with van der Waals surface area (Å²) in [6.45, 7) is 7.74. The highest BCUT2D eigenvalue weighted by molar-refractivity contribution is 5.95. The third kappa shape index (κ3) is 8.28. The molecule has 1 aromatic carbocycles. The van der Waals surface area contributed by atoms with Crippen LogP contribution in [0.4, 0.5) is 19.0 Å². The number of halogens is 3. The summed E-state index contributed by atoms with van der Waals surface area (Å²) in [5.74, 6) is -1.38. The quantitative estimate of drug-likeness (QED) is 0.550. The number of alkyl halides is 3. The normalized spacial score (nSPS) is 11.9. The molecule has 0 spiro atoms. The Morgan fingerprint density at radius 2 is 1.82 bits per heavy atom. The summed E-state index contributed by atoms with van der Waals surface area (Å²) >= 11 is 0. The van der Waals surface area contributed by atoms with Crippen molar-refractivity contribution in [2.75, 3.05) is 38.9 Å². The molecule has 11 heteroatoms. The van der Waals surface area contributed by atoms with Gasteiger partial charge in [-0.2, -0.15) is 23.4 Å². The number of hydrogen-bond donors (Lipinski definition) is 1. The zero-order chi connectivity index (χ0) is 25.5. The Hall–Kier alpha value is -3.23. The fourth-order valence-corrected chi connectivity index (χ4v) is 3.01. The predicted octanol–water partition coefficient (Wildman–Crippen LogP) is 3.64. The van der Waals surface area contributed by atoms with Crippen molar-refractivity contribution in [2.24, 2.45) is 5.41 Å². The number of amides is 1. The van der Waals surface area contributed by atoms with E-state index in [1.54, 1.807) is 25.3 Å². The van der Waals surface area contributed by atoms with Crippen LogP contribution >= 0.6 is 0 Å². The number of aromatic nitrogens is 2. The average Bonchev–Trinajstić information content (AvgIpc) is 2.75. The largest absolute Gasteiger partial charge is 0.433 e. The van der Waals surface area contributed by atoms with Gasteiger partial charge in [-0.15, -0.1) is 0 Å². The van der Waals surface area contributed by atoms with Gasteiger partial charge in [0.05, 0.1) is 6.61 Å². The maximum absolute atomic E-state index is 13.3. The van der Waals surface area contributed by atoms with Crippen molar-refractivity contribution in [3.05, 3.63) is 53.0 Å². The molecule has 0 fully saturated rings. The number of rotatable bonds is 9. The minimum atomic E-state index is -4.77. The van der Waals surface area contributed by atoms with E-state index in [4.69, 9.17) is 10.00 Å². The smallest absolute Gasteiger partial charge is 0.383 e. The second-order valence-corrected chi connectivity index (χ2v) is 9.06. The third-order valence-corrected chi connectivity index (χ3v) is 4.59. The number of hydrazine groups is 1. The maximum Gasteiger partial charge on any atom is 0.433 e. The summed E-state index contributed by atoms with van der Waals surface area (Å²) in [5.41, 5.74) is 2.27. The van der Waals surface area contributed by atoms with Gasteiger partial charge in [-0.25, -0.2) is 4.98 Å². The molecule has 8 nitrogen and oxygen atoms in total. The Morgan fingerprint density at radius 3 is 2.35 bits per heavy atom. The number of methoxy groups -OCH3 is 1. The lowest BCUT2D eigenvalue weighted by molar-refractivity contribution is -0.141. The fraction of sp³-hybridized carbons (Fsp3) is 0.478. The van der Waals surface area contributed by atoms with E-state index in [1.807, 2.05) is 40.0 Å². The van der Waals surface area contributed by atoms with Crippen molar-refractivity contribution >= 4 is 11.7 Å². The molecule has 0 unspecified atom stereocenters. The van der Waals surface area contributed by atoms with Gasteiger partial charge in [0, 0.05) is 38.4 Å². The highest BCUT2D eigenvalue weighted by Gasteiger charge is 2.35. The number of carbonyl (C=O) groups excluding carboxylic acids is 1. The van der Waals surface area contributed by atoms with E-state index in [0.29, 0.717) is 24.8 Å². The molecule has 0 saturated heterocycles. The number of likely N-dealkylation sites (N-methyl/N-ethyl adjacent to an activating group) is 1. The van der Waals surface area contributed by atoms with E-state index in [9.17, 15) is 18.0 Å². The molecule has 1 N–H and O–H groups in total. The number of anilines is 1. The lowest BCUT2D eigenvalue weighted by Crippen LogP contribution is -2.47. The second-order valence-electron chi connectivity index (χ2n) is 9.06. The van der Waals surface area contributed by atoms with Gasteiger partial charge in [-0.3, -0.25) is 20.1 Å². The number of nitrogens with zero attached hydrogens (tertiary/aromatic N) is 5. The van der Waals surface area contributed by atoms with Gasteiger partial charge >= 0.3 is 6.18 Å². The Bertz CT molecular complexity index is 1010. The molecule has 1 aromatic heterocycles. The molecule has 1 amide bonds. The first-order valence-electron chi connectivity index (χ1n) is 10.5. The Kier molecular flexibility index (Phi) is 8.95. The van der Waals surface area contributed by atoms with Crippen LogP contribution in [0, 0.1) is 16.7 Å². The van der Waals surface area contributed by atoms with Crippen LogP contribution in [0.25, 0.3) is 0 Å². The van der Waals surface area contributed by atoms with Crippen molar-refractivity contribution in [2.45, 2.75) is 33.5 Å². The monoisotopic (exact) mass is 478 g/mol. The minimum absolute atomic E-state index is 0.139. The van der Waals surface area contributed by atoms with Crippen molar-refractivity contribution in [3.63, 3.8) is 0 Å². The zero-order valence-corrected chi connectivity index (χ0v) is 19.9. The predicted molar refractivity (Wildman–Crippen MR) is 121 cm³/mol. The van der Waals surface area contributed by atoms with Crippen LogP contribution in [0.15, 0.2) is 30.3 Å². The summed E-state index contributed by atoms with van der Waals surface area (Å²) in [4.78, 5) is 22.1. The molecular weight excluding hydrogens is 449 g/mol. The van der Waals surface area contributed by atoms with E-state index < -0.39 is 29.0 Å². The molecule has 1 heterocycles. The number of ether oxygens (including phenoxy) is 1. The van der Waals surface area contributed by atoms with Crippen LogP contribution in [0.1, 0.15) is 48.2 Å². The number of hydrogen-bond acceptors (Lipinski definition) is 7. The average molecular weight is 479 g/mol. The van der Waals surface area contributed by atoms with Gasteiger partial charge in [0.25, 0.3) is 5.91 Å². The fourth-order valence-electron chi connectivity index (χ4n) is 3.01. The van der Waals surface area contributed by atoms with Crippen LogP contribution < -0.4 is 10.4 Å². The molecule has 2 rings (SSSR count). The summed E-state index contributed by atoms with van der Waals surface area (Å²) in [7, 11) is 3.59. The van der Waals surface area contributed by atoms with Crippen LogP contribution in [0.3, 0.4) is 0 Å². The highest BCUT2D eigenvalue weighted by Crippen LogP contribution is 2.30. The van der Waals surface area contributed by atoms with Gasteiger partial charge in [0.1, 0.15) is 6.07 Å². The van der Waals surface area contributed by atoms with E-state index in [-0.39, 0.29) is 12.4 Å². The van der Waals surface area contributed by atoms with Gasteiger partial charge in [0.15, 0.2) is 11.5 Å². The topological polar surface area (TPSA) is 94.4 Å². The summed E-state index contributed by atoms with van der Waals surface area (Å²) in [6.07, 6.45) is -4.77. The zero-order valence-electron chi connectivity index (χ0n) is 19.9. The van der Waals surface area contributed by atoms with E-state index in [2.05, 4.69) is 20.3 Å². The molecule has 0 aliphatic carbocycles. The van der Waals surface area contributed by atoms with Crippen molar-refractivity contribution in [1.82, 2.24) is 20.3 Å². The van der Waals surface area contributed by atoms with E-state index >= 15 is 0 Å². The number of carbonyl (C=O) groups is 1. The Balaban J connectivity index is 2.27. The van der Waals surface area contributed by atoms with Crippen molar-refractivity contribution < 1.29 is 22.7 Å². The minimum Gasteiger partial charge on any atom is -0.383 e. The van der Waals surface area contributed by atoms with Gasteiger partial charge in [0.2, 0.25) is 5.82 Å². The SMILES string of the molecule is COCCN(C)Cc1ccc(C(=O)NN(CC(C)(C)C)c2cc(C(F)(F)F)nc(C#N)n2)cc1. The third-order valence-electron chi connectivity index (χ3n) is 4.59. The summed E-state index contributed by atoms with van der Waals surface area (Å²) in [6, 6.07) is 9.17. The van der Waals surface area contributed by atoms with Gasteiger partial charge in [-0.1, -0.05) is 32.9 Å². The number of benzene rings is 1. The Morgan fingerprint density at radius 1 is 1.18 bits per heavy atom. The number of nitrogens with one attached hydrogen (secondary N) is 1. The maximum atomic E-state index is 13.3. The summed E-state index contributed by atoms with van der Waals surface area (Å²) in [5, 5.41) is 10.3. The van der Waals surface area contributed by atoms with E-state index in [1.165, 1.54) is 5.01 Å². The number of nitriles is 1. The van der Waals surface area contributed by atoms with Gasteiger partial charge < -0.3 is 4.74 Å². The lowest BCUT2D eigenvalue weighted by atomic mass is 9.96. The van der Waals surface area contributed by atoms with Crippen LogP contribution in [0.2, 0.25) is 0 Å². The first-order valence-corrected chi connectivity index (χ1v) is 10.5. The molecule has 0 bridgehead atoms. The van der Waals surface area contributed by atoms with Crippen LogP contribution in [-0.4, -0.2) is 54.6 Å². The summed E-state index contributed by atoms with van der Waals surface area (Å²) < 4.78 is 44.9. The molecule has 0 atom stereocenters. The molecular formula is C23H29F3N6O2. The first kappa shape index (κ1) is 27.0. The van der Waals surface area contributed by atoms with Gasteiger partial charge in [-0.05, 0) is 30.2 Å². The molecule has 0 saturated carbocycles. The molecule has 0 radical (unpaired) electrons. The molecule has 0 aliphatic heterocycles.